The zero-order valence-corrected chi connectivity index (χ0v) is 11.7. The van der Waals surface area contributed by atoms with Crippen molar-refractivity contribution in [1.82, 2.24) is 4.98 Å². The molecule has 23 heavy (non-hydrogen) atoms. The van der Waals surface area contributed by atoms with Crippen molar-refractivity contribution in [3.8, 4) is 0 Å². The van der Waals surface area contributed by atoms with Gasteiger partial charge in [0.25, 0.3) is 11.7 Å². The number of nitrogens with zero attached hydrogens (tertiary/aromatic N) is 1. The smallest absolute Gasteiger partial charge is 0.434 e. The zero-order chi connectivity index (χ0) is 17.2. The van der Waals surface area contributed by atoms with E-state index in [1.807, 2.05) is 0 Å². The number of pyridine rings is 1. The molecule has 0 aromatic carbocycles. The van der Waals surface area contributed by atoms with Gasteiger partial charge in [0.2, 0.25) is 0 Å². The third kappa shape index (κ3) is 4.53. The maximum atomic E-state index is 12.9. The van der Waals surface area contributed by atoms with Gasteiger partial charge in [0.1, 0.15) is 5.69 Å². The fourth-order valence-corrected chi connectivity index (χ4v) is 1.96. The molecule has 0 spiro atoms. The predicted molar refractivity (Wildman–Crippen MR) is 75.3 cm³/mol. The van der Waals surface area contributed by atoms with Crippen LogP contribution in [0.25, 0.3) is 0 Å². The summed E-state index contributed by atoms with van der Waals surface area (Å²) in [5.74, 6) is -1.99. The molecule has 0 unspecified atom stereocenters. The van der Waals surface area contributed by atoms with Gasteiger partial charge in [0.05, 0.1) is 11.3 Å². The first-order chi connectivity index (χ1) is 10.0. The molecule has 1 heterocycles. The van der Waals surface area contributed by atoms with Crippen molar-refractivity contribution in [2.75, 3.05) is 5.32 Å². The molecule has 130 valence electrons. The van der Waals surface area contributed by atoms with Gasteiger partial charge < -0.3 is 10.4 Å². The number of alkyl halides is 5. The molecule has 0 bridgehead atoms. The molecule has 0 aliphatic rings. The number of amides is 1. The van der Waals surface area contributed by atoms with Crippen molar-refractivity contribution in [2.45, 2.75) is 33.4 Å². The molecular weight excluding hydrogens is 347 g/mol. The van der Waals surface area contributed by atoms with Crippen LogP contribution in [-0.4, -0.2) is 21.3 Å². The fraction of sp³-hybridized carbons (Fsp3) is 0.417. The number of carboxylic acids is 1. The first-order valence-corrected chi connectivity index (χ1v) is 6.10. The normalized spacial score (nSPS) is 11.1. The highest BCUT2D eigenvalue weighted by atomic mass is 32.1. The van der Waals surface area contributed by atoms with Gasteiger partial charge >= 0.3 is 12.1 Å². The number of hydrogen-bond acceptors (Lipinski definition) is 3. The lowest BCUT2D eigenvalue weighted by molar-refractivity contribution is -0.142. The van der Waals surface area contributed by atoms with Crippen molar-refractivity contribution in [2.24, 2.45) is 0 Å². The number of aromatic carboxylic acids is 1. The van der Waals surface area contributed by atoms with Gasteiger partial charge in [-0.05, 0) is 12.0 Å². The Hall–Kier alpha value is -1.91. The number of halogens is 5. The zero-order valence-electron chi connectivity index (χ0n) is 10.8. The minimum absolute atomic E-state index is 0. The Labute approximate surface area is 133 Å². The van der Waals surface area contributed by atoms with Gasteiger partial charge in [-0.25, -0.2) is 18.6 Å². The van der Waals surface area contributed by atoms with E-state index in [2.05, 4.69) is 17.6 Å². The van der Waals surface area contributed by atoms with Crippen LogP contribution in [0.2, 0.25) is 0 Å². The molecule has 0 saturated heterocycles. The molecule has 2 N–H and O–H groups in total. The third-order valence-electron chi connectivity index (χ3n) is 2.60. The number of carbonyl (C=O) groups is 2. The summed E-state index contributed by atoms with van der Waals surface area (Å²) >= 11 is 3.29. The van der Waals surface area contributed by atoms with Gasteiger partial charge in [-0.3, -0.25) is 4.79 Å². The molecule has 1 aromatic rings. The second kappa shape index (κ2) is 7.57. The van der Waals surface area contributed by atoms with Crippen molar-refractivity contribution >= 4 is 29.5 Å². The number of rotatable bonds is 4. The summed E-state index contributed by atoms with van der Waals surface area (Å²) < 4.78 is 64.6. The number of anilines is 1. The summed E-state index contributed by atoms with van der Waals surface area (Å²) in [6, 6.07) is 0. The summed E-state index contributed by atoms with van der Waals surface area (Å²) in [6.45, 7) is 1.26. The molecule has 1 rings (SSSR count). The van der Waals surface area contributed by atoms with Crippen LogP contribution in [0.4, 0.5) is 32.4 Å². The maximum Gasteiger partial charge on any atom is 0.434 e. The van der Waals surface area contributed by atoms with Crippen LogP contribution in [0.15, 0.2) is 0 Å². The molecule has 0 atom stereocenters. The van der Waals surface area contributed by atoms with Crippen LogP contribution < -0.4 is 5.32 Å². The molecule has 0 fully saturated rings. The van der Waals surface area contributed by atoms with E-state index in [-0.39, 0.29) is 13.8 Å². The van der Waals surface area contributed by atoms with Crippen LogP contribution in [0, 0.1) is 0 Å². The molecular formula is C12H13F5N2O3S. The highest BCUT2D eigenvalue weighted by Gasteiger charge is 2.41. The van der Waals surface area contributed by atoms with E-state index < -0.39 is 52.0 Å². The molecule has 0 radical (unpaired) electrons. The predicted octanol–water partition coefficient (Wildman–Crippen LogP) is 4.40. The second-order valence-electron chi connectivity index (χ2n) is 3.96. The number of aromatic nitrogens is 1. The van der Waals surface area contributed by atoms with Crippen molar-refractivity contribution < 1.29 is 36.6 Å². The summed E-state index contributed by atoms with van der Waals surface area (Å²) in [6.07, 6.45) is -9.05. The van der Waals surface area contributed by atoms with Crippen molar-refractivity contribution in [1.29, 1.82) is 0 Å². The second-order valence-corrected chi connectivity index (χ2v) is 4.37. The molecule has 0 aliphatic carbocycles. The molecule has 1 aromatic heterocycles. The van der Waals surface area contributed by atoms with E-state index >= 15 is 0 Å². The van der Waals surface area contributed by atoms with E-state index in [9.17, 15) is 31.5 Å². The first kappa shape index (κ1) is 21.1. The lowest BCUT2D eigenvalue weighted by Crippen LogP contribution is -2.22. The highest BCUT2D eigenvalue weighted by molar-refractivity contribution is 7.96. The highest BCUT2D eigenvalue weighted by Crippen LogP contribution is 2.39. The lowest BCUT2D eigenvalue weighted by Gasteiger charge is -2.19. The Morgan fingerprint density at radius 1 is 1.35 bits per heavy atom. The largest absolute Gasteiger partial charge is 0.478 e. The van der Waals surface area contributed by atoms with Crippen LogP contribution in [0.1, 0.15) is 48.1 Å². The SMILES string of the molecule is C.CCc1c(NC(=O)S)c(C(F)F)nc(C(F)(F)F)c1C(=O)O. The molecule has 0 saturated carbocycles. The average Bonchev–Trinajstić information content (AvgIpc) is 2.35. The fourth-order valence-electron chi connectivity index (χ4n) is 1.85. The Bertz CT molecular complexity index is 620. The van der Waals surface area contributed by atoms with E-state index in [4.69, 9.17) is 5.11 Å². The lowest BCUT2D eigenvalue weighted by atomic mass is 9.99. The van der Waals surface area contributed by atoms with Crippen LogP contribution >= 0.6 is 12.6 Å². The Kier molecular flexibility index (Phi) is 6.95. The van der Waals surface area contributed by atoms with Crippen molar-refractivity contribution in [3.63, 3.8) is 0 Å². The number of thiol groups is 1. The molecule has 1 amide bonds. The molecule has 11 heteroatoms. The van der Waals surface area contributed by atoms with Crippen LogP contribution in [-0.2, 0) is 12.6 Å². The number of hydrogen-bond donors (Lipinski definition) is 3. The monoisotopic (exact) mass is 360 g/mol. The van der Waals surface area contributed by atoms with E-state index in [1.54, 1.807) is 5.32 Å². The standard InChI is InChI=1S/C11H9F5N2O3S.CH4/c1-2-3-4(9(19)20)7(11(14,15)16)17-6(8(12)13)5(3)18-10(21)22;/h8H,2H2,1H3,(H,19,20)(H2,18,21,22);1H4. The minimum Gasteiger partial charge on any atom is -0.478 e. The number of nitrogens with one attached hydrogen (secondary N) is 1. The molecule has 5 nitrogen and oxygen atoms in total. The van der Waals surface area contributed by atoms with Gasteiger partial charge in [0, 0.05) is 0 Å². The van der Waals surface area contributed by atoms with Gasteiger partial charge in [0.15, 0.2) is 5.69 Å². The summed E-state index contributed by atoms with van der Waals surface area (Å²) in [5.41, 5.74) is -5.97. The quantitative estimate of drug-likeness (QED) is 0.549. The third-order valence-corrected chi connectivity index (χ3v) is 2.72. The van der Waals surface area contributed by atoms with E-state index in [1.165, 1.54) is 6.92 Å². The topological polar surface area (TPSA) is 79.3 Å². The van der Waals surface area contributed by atoms with E-state index in [0.29, 0.717) is 0 Å². The average molecular weight is 360 g/mol. The van der Waals surface area contributed by atoms with Crippen molar-refractivity contribution in [3.05, 3.63) is 22.5 Å². The van der Waals surface area contributed by atoms with Gasteiger partial charge in [-0.15, -0.1) is 0 Å². The minimum atomic E-state index is -5.25. The summed E-state index contributed by atoms with van der Waals surface area (Å²) in [4.78, 5) is 24.8. The Morgan fingerprint density at radius 2 is 1.87 bits per heavy atom. The number of carbonyl (C=O) groups excluding carboxylic acids is 1. The van der Waals surface area contributed by atoms with E-state index in [0.717, 1.165) is 0 Å². The maximum absolute atomic E-state index is 12.9. The van der Waals surface area contributed by atoms with Gasteiger partial charge in [-0.1, -0.05) is 27.0 Å². The van der Waals surface area contributed by atoms with Gasteiger partial charge in [-0.2, -0.15) is 13.2 Å². The van der Waals surface area contributed by atoms with Crippen LogP contribution in [0.5, 0.6) is 0 Å². The summed E-state index contributed by atoms with van der Waals surface area (Å²) in [7, 11) is 0. The van der Waals surface area contributed by atoms with Crippen LogP contribution in [0.3, 0.4) is 0 Å². The first-order valence-electron chi connectivity index (χ1n) is 5.66. The number of carboxylic acid groups (broad SMARTS) is 1. The Morgan fingerprint density at radius 3 is 2.17 bits per heavy atom. The Balaban J connectivity index is 0.00000484. The molecule has 0 aliphatic heterocycles. The summed E-state index contributed by atoms with van der Waals surface area (Å²) in [5, 5.41) is 9.63.